The molecule has 0 bridgehead atoms. The zero-order chi connectivity index (χ0) is 12.9. The maximum atomic E-state index is 11.1. The van der Waals surface area contributed by atoms with Crippen LogP contribution in [0.3, 0.4) is 0 Å². The van der Waals surface area contributed by atoms with E-state index >= 15 is 0 Å². The Morgan fingerprint density at radius 3 is 1.89 bits per heavy atom. The van der Waals surface area contributed by atoms with Crippen LogP contribution in [0.2, 0.25) is 0 Å². The zero-order valence-corrected chi connectivity index (χ0v) is 12.6. The predicted octanol–water partition coefficient (Wildman–Crippen LogP) is 1.75. The van der Waals surface area contributed by atoms with E-state index in [0.717, 1.165) is 12.8 Å². The van der Waals surface area contributed by atoms with Gasteiger partial charge in [0.2, 0.25) is 0 Å². The minimum absolute atomic E-state index is 0. The number of esters is 1. The SMILES string of the molecule is C=C(C)C(=O)OCCCCCCCCCCC.[H-].[Li+]. The van der Waals surface area contributed by atoms with Crippen LogP contribution >= 0.6 is 0 Å². The van der Waals surface area contributed by atoms with Crippen LogP contribution in [0.15, 0.2) is 12.2 Å². The summed E-state index contributed by atoms with van der Waals surface area (Å²) < 4.78 is 5.02. The number of unbranched alkanes of at least 4 members (excludes halogenated alkanes) is 8. The van der Waals surface area contributed by atoms with Gasteiger partial charge in [-0.05, 0) is 13.3 Å². The van der Waals surface area contributed by atoms with E-state index in [1.807, 2.05) is 0 Å². The van der Waals surface area contributed by atoms with E-state index in [2.05, 4.69) is 13.5 Å². The zero-order valence-electron chi connectivity index (χ0n) is 13.6. The number of carbonyl (C=O) groups is 1. The van der Waals surface area contributed by atoms with Crippen LogP contribution in [0.4, 0.5) is 0 Å². The third-order valence-corrected chi connectivity index (χ3v) is 2.83. The smallest absolute Gasteiger partial charge is 1.00 e. The molecule has 0 saturated carbocycles. The molecular formula is C15H29LiO2. The second kappa shape index (κ2) is 14.9. The van der Waals surface area contributed by atoms with Gasteiger partial charge in [0.1, 0.15) is 0 Å². The molecule has 0 N–H and O–H groups in total. The van der Waals surface area contributed by atoms with Crippen molar-refractivity contribution in [2.45, 2.75) is 71.6 Å². The third-order valence-electron chi connectivity index (χ3n) is 2.83. The van der Waals surface area contributed by atoms with Crippen LogP contribution in [0.1, 0.15) is 73.1 Å². The molecule has 0 fully saturated rings. The number of hydrogen-bond donors (Lipinski definition) is 0. The van der Waals surface area contributed by atoms with Crippen molar-refractivity contribution >= 4 is 5.97 Å². The quantitative estimate of drug-likeness (QED) is 0.241. The molecule has 0 aromatic heterocycles. The molecule has 0 atom stereocenters. The first-order valence-electron chi connectivity index (χ1n) is 7.01. The summed E-state index contributed by atoms with van der Waals surface area (Å²) in [6, 6.07) is 0. The van der Waals surface area contributed by atoms with E-state index in [-0.39, 0.29) is 26.3 Å². The molecule has 0 heterocycles. The molecular weight excluding hydrogens is 219 g/mol. The van der Waals surface area contributed by atoms with E-state index in [0.29, 0.717) is 12.2 Å². The van der Waals surface area contributed by atoms with Crippen LogP contribution in [0.5, 0.6) is 0 Å². The minimum Gasteiger partial charge on any atom is -1.00 e. The molecule has 0 radical (unpaired) electrons. The Morgan fingerprint density at radius 1 is 1.00 bits per heavy atom. The predicted molar refractivity (Wildman–Crippen MR) is 74.1 cm³/mol. The number of ether oxygens (including phenoxy) is 1. The normalized spacial score (nSPS) is 9.67. The fraction of sp³-hybridized carbons (Fsp3) is 0.800. The van der Waals surface area contributed by atoms with Gasteiger partial charge in [0, 0.05) is 5.57 Å². The molecule has 18 heavy (non-hydrogen) atoms. The number of rotatable bonds is 11. The van der Waals surface area contributed by atoms with Gasteiger partial charge in [0.05, 0.1) is 6.61 Å². The van der Waals surface area contributed by atoms with Crippen LogP contribution in [0, 0.1) is 0 Å². The van der Waals surface area contributed by atoms with Gasteiger partial charge < -0.3 is 6.16 Å². The topological polar surface area (TPSA) is 26.3 Å². The number of hydrogen-bond acceptors (Lipinski definition) is 2. The van der Waals surface area contributed by atoms with Gasteiger partial charge in [0.25, 0.3) is 0 Å². The Hall–Kier alpha value is -0.193. The van der Waals surface area contributed by atoms with Crippen molar-refractivity contribution < 1.29 is 29.8 Å². The summed E-state index contributed by atoms with van der Waals surface area (Å²) in [6.45, 7) is 8.01. The second-order valence-corrected chi connectivity index (χ2v) is 4.74. The fourth-order valence-electron chi connectivity index (χ4n) is 1.70. The minimum atomic E-state index is -0.260. The monoisotopic (exact) mass is 248 g/mol. The first-order valence-corrected chi connectivity index (χ1v) is 7.01. The largest absolute Gasteiger partial charge is 1.00 e. The van der Waals surface area contributed by atoms with Crippen molar-refractivity contribution in [1.29, 1.82) is 0 Å². The first kappa shape index (κ1) is 20.1. The molecule has 0 amide bonds. The summed E-state index contributed by atoms with van der Waals surface area (Å²) in [6.07, 6.45) is 11.5. The second-order valence-electron chi connectivity index (χ2n) is 4.74. The van der Waals surface area contributed by atoms with E-state index in [1.54, 1.807) is 6.92 Å². The summed E-state index contributed by atoms with van der Waals surface area (Å²) in [5, 5.41) is 0. The van der Waals surface area contributed by atoms with Crippen molar-refractivity contribution in [3.8, 4) is 0 Å². The van der Waals surface area contributed by atoms with E-state index in [1.165, 1.54) is 44.9 Å². The van der Waals surface area contributed by atoms with Gasteiger partial charge in [-0.25, -0.2) is 4.79 Å². The molecule has 0 aromatic rings. The molecule has 0 aliphatic rings. The summed E-state index contributed by atoms with van der Waals surface area (Å²) >= 11 is 0. The van der Waals surface area contributed by atoms with E-state index in [4.69, 9.17) is 4.74 Å². The van der Waals surface area contributed by atoms with Crippen molar-refractivity contribution in [1.82, 2.24) is 0 Å². The fourth-order valence-corrected chi connectivity index (χ4v) is 1.70. The van der Waals surface area contributed by atoms with Crippen molar-refractivity contribution in [3.63, 3.8) is 0 Å². The Kier molecular flexibility index (Phi) is 16.6. The van der Waals surface area contributed by atoms with E-state index in [9.17, 15) is 4.79 Å². The standard InChI is InChI=1S/C15H28O2.Li.H/c1-4-5-6-7-8-9-10-11-12-13-17-15(16)14(2)3;;/h2,4-13H2,1,3H3;;/q;+1;-1. The van der Waals surface area contributed by atoms with Gasteiger partial charge >= 0.3 is 24.8 Å². The first-order chi connectivity index (χ1) is 8.18. The molecule has 0 unspecified atom stereocenters. The van der Waals surface area contributed by atoms with Gasteiger partial charge in [0.15, 0.2) is 0 Å². The third kappa shape index (κ3) is 13.9. The van der Waals surface area contributed by atoms with Gasteiger partial charge in [-0.3, -0.25) is 0 Å². The Labute approximate surface area is 126 Å². The van der Waals surface area contributed by atoms with Gasteiger partial charge in [-0.15, -0.1) is 0 Å². The van der Waals surface area contributed by atoms with Crippen LogP contribution in [-0.4, -0.2) is 12.6 Å². The van der Waals surface area contributed by atoms with Gasteiger partial charge in [-0.1, -0.05) is 64.9 Å². The Bertz CT molecular complexity index is 220. The molecule has 3 heteroatoms. The number of carbonyl (C=O) groups excluding carboxylic acids is 1. The van der Waals surface area contributed by atoms with Crippen LogP contribution in [0.25, 0.3) is 0 Å². The van der Waals surface area contributed by atoms with Crippen molar-refractivity contribution in [3.05, 3.63) is 12.2 Å². The Balaban J connectivity index is -0.00000128. The Morgan fingerprint density at radius 2 is 1.44 bits per heavy atom. The molecule has 2 nitrogen and oxygen atoms in total. The maximum Gasteiger partial charge on any atom is 1.00 e. The maximum absolute atomic E-state index is 11.1. The van der Waals surface area contributed by atoms with Crippen LogP contribution < -0.4 is 18.9 Å². The average molecular weight is 248 g/mol. The summed E-state index contributed by atoms with van der Waals surface area (Å²) in [5.41, 5.74) is 0.487. The van der Waals surface area contributed by atoms with Crippen LogP contribution in [-0.2, 0) is 9.53 Å². The molecule has 0 aromatic carbocycles. The molecule has 0 rings (SSSR count). The molecule has 102 valence electrons. The van der Waals surface area contributed by atoms with E-state index < -0.39 is 0 Å². The molecule has 0 spiro atoms. The summed E-state index contributed by atoms with van der Waals surface area (Å²) in [7, 11) is 0. The van der Waals surface area contributed by atoms with Gasteiger partial charge in [-0.2, -0.15) is 0 Å². The van der Waals surface area contributed by atoms with Crippen molar-refractivity contribution in [2.75, 3.05) is 6.61 Å². The molecule has 0 aliphatic heterocycles. The molecule has 0 aliphatic carbocycles. The van der Waals surface area contributed by atoms with Crippen molar-refractivity contribution in [2.24, 2.45) is 0 Å². The summed E-state index contributed by atoms with van der Waals surface area (Å²) in [4.78, 5) is 11.1. The summed E-state index contributed by atoms with van der Waals surface area (Å²) in [5.74, 6) is -0.260. The molecule has 0 saturated heterocycles. The average Bonchev–Trinajstić information content (AvgIpc) is 2.31.